The molecule has 1 heterocycles. The van der Waals surface area contributed by atoms with Gasteiger partial charge in [0.2, 0.25) is 0 Å². The average Bonchev–Trinajstić information content (AvgIpc) is 2.67. The molecule has 4 nitrogen and oxygen atoms in total. The molecule has 28 heavy (non-hydrogen) atoms. The van der Waals surface area contributed by atoms with Crippen molar-refractivity contribution in [3.63, 3.8) is 0 Å². The van der Waals surface area contributed by atoms with Crippen LogP contribution in [0.25, 0.3) is 0 Å². The summed E-state index contributed by atoms with van der Waals surface area (Å²) < 4.78 is 39.3. The fourth-order valence-corrected chi connectivity index (χ4v) is 3.45. The number of carbonyl (C=O) groups excluding carboxylic acids is 1. The lowest BCUT2D eigenvalue weighted by Gasteiger charge is -2.37. The minimum Gasteiger partial charge on any atom is -0.368 e. The molecule has 0 saturated carbocycles. The smallest absolute Gasteiger partial charge is 0.368 e. The monoisotopic (exact) mass is 391 g/mol. The Kier molecular flexibility index (Phi) is 5.82. The summed E-state index contributed by atoms with van der Waals surface area (Å²) in [6, 6.07) is 12.7. The first kappa shape index (κ1) is 20.0. The maximum absolute atomic E-state index is 13.1. The number of hydrogen-bond donors (Lipinski definition) is 1. The molecule has 0 aromatic heterocycles. The molecule has 0 spiro atoms. The fourth-order valence-electron chi connectivity index (χ4n) is 3.45. The third-order valence-electron chi connectivity index (χ3n) is 4.94. The predicted octanol–water partition coefficient (Wildman–Crippen LogP) is 5.18. The maximum atomic E-state index is 13.1. The lowest BCUT2D eigenvalue weighted by molar-refractivity contribution is -0.136. The van der Waals surface area contributed by atoms with E-state index in [2.05, 4.69) is 36.2 Å². The zero-order valence-electron chi connectivity index (χ0n) is 16.0. The highest BCUT2D eigenvalue weighted by molar-refractivity contribution is 5.90. The largest absolute Gasteiger partial charge is 0.418 e. The highest BCUT2D eigenvalue weighted by Gasteiger charge is 2.34. The Balaban J connectivity index is 1.66. The highest BCUT2D eigenvalue weighted by Crippen LogP contribution is 2.34. The van der Waals surface area contributed by atoms with Crippen LogP contribution in [0.3, 0.4) is 0 Å². The van der Waals surface area contributed by atoms with E-state index in [9.17, 15) is 18.0 Å². The molecule has 0 unspecified atom stereocenters. The van der Waals surface area contributed by atoms with Gasteiger partial charge in [0, 0.05) is 31.9 Å². The SMILES string of the molecule is CC(C)c1ccccc1N1CCN(C(=O)Nc2ccccc2C(F)(F)F)CC1. The number of para-hydroxylation sites is 2. The van der Waals surface area contributed by atoms with Crippen molar-refractivity contribution in [3.8, 4) is 0 Å². The third-order valence-corrected chi connectivity index (χ3v) is 4.94. The Labute approximate surface area is 162 Å². The Bertz CT molecular complexity index is 828. The first-order valence-electron chi connectivity index (χ1n) is 9.33. The third kappa shape index (κ3) is 4.40. The number of halogens is 3. The van der Waals surface area contributed by atoms with Gasteiger partial charge in [0.25, 0.3) is 0 Å². The average molecular weight is 391 g/mol. The van der Waals surface area contributed by atoms with Gasteiger partial charge in [-0.15, -0.1) is 0 Å². The van der Waals surface area contributed by atoms with Gasteiger partial charge in [-0.3, -0.25) is 0 Å². The number of anilines is 2. The zero-order valence-corrected chi connectivity index (χ0v) is 16.0. The lowest BCUT2D eigenvalue weighted by atomic mass is 10.00. The minimum absolute atomic E-state index is 0.215. The molecule has 2 aromatic rings. The number of urea groups is 1. The second-order valence-corrected chi connectivity index (χ2v) is 7.16. The van der Waals surface area contributed by atoms with Crippen LogP contribution in [0.2, 0.25) is 0 Å². The molecular weight excluding hydrogens is 367 g/mol. The van der Waals surface area contributed by atoms with Crippen molar-refractivity contribution in [2.45, 2.75) is 25.9 Å². The molecule has 7 heteroatoms. The van der Waals surface area contributed by atoms with Gasteiger partial charge in [-0.1, -0.05) is 44.2 Å². The van der Waals surface area contributed by atoms with Gasteiger partial charge in [0.05, 0.1) is 11.3 Å². The Morgan fingerprint density at radius 3 is 2.21 bits per heavy atom. The molecule has 150 valence electrons. The number of nitrogens with zero attached hydrogens (tertiary/aromatic N) is 2. The standard InChI is InChI=1S/C21H24F3N3O/c1-15(2)16-7-3-6-10-19(16)26-11-13-27(14-12-26)20(28)25-18-9-5-4-8-17(18)21(22,23)24/h3-10,15H,11-14H2,1-2H3,(H,25,28). The molecule has 1 aliphatic rings. The van der Waals surface area contributed by atoms with Crippen molar-refractivity contribution in [3.05, 3.63) is 59.7 Å². The van der Waals surface area contributed by atoms with E-state index < -0.39 is 17.8 Å². The van der Waals surface area contributed by atoms with Gasteiger partial charge in [-0.2, -0.15) is 13.2 Å². The van der Waals surface area contributed by atoms with E-state index in [1.807, 2.05) is 12.1 Å². The fraction of sp³-hybridized carbons (Fsp3) is 0.381. The van der Waals surface area contributed by atoms with Crippen LogP contribution < -0.4 is 10.2 Å². The van der Waals surface area contributed by atoms with Crippen LogP contribution in [0.1, 0.15) is 30.9 Å². The van der Waals surface area contributed by atoms with E-state index in [1.54, 1.807) is 4.90 Å². The summed E-state index contributed by atoms with van der Waals surface area (Å²) in [4.78, 5) is 16.3. The minimum atomic E-state index is -4.51. The first-order chi connectivity index (χ1) is 13.3. The summed E-state index contributed by atoms with van der Waals surface area (Å²) in [5, 5.41) is 2.42. The van der Waals surface area contributed by atoms with E-state index in [1.165, 1.54) is 23.8 Å². The van der Waals surface area contributed by atoms with Crippen molar-refractivity contribution >= 4 is 17.4 Å². The summed E-state index contributed by atoms with van der Waals surface area (Å²) in [6.07, 6.45) is -4.51. The topological polar surface area (TPSA) is 35.6 Å². The lowest BCUT2D eigenvalue weighted by Crippen LogP contribution is -2.50. The van der Waals surface area contributed by atoms with Gasteiger partial charge in [-0.05, 0) is 29.7 Å². The van der Waals surface area contributed by atoms with Gasteiger partial charge < -0.3 is 15.1 Å². The first-order valence-corrected chi connectivity index (χ1v) is 9.33. The molecule has 0 aliphatic carbocycles. The number of carbonyl (C=O) groups is 1. The molecule has 0 atom stereocenters. The number of alkyl halides is 3. The van der Waals surface area contributed by atoms with Crippen LogP contribution in [-0.2, 0) is 6.18 Å². The van der Waals surface area contributed by atoms with Gasteiger partial charge >= 0.3 is 12.2 Å². The Morgan fingerprint density at radius 2 is 1.57 bits per heavy atom. The van der Waals surface area contributed by atoms with Crippen LogP contribution >= 0.6 is 0 Å². The van der Waals surface area contributed by atoms with E-state index >= 15 is 0 Å². The molecule has 0 bridgehead atoms. The van der Waals surface area contributed by atoms with Crippen LogP contribution in [-0.4, -0.2) is 37.1 Å². The number of piperazine rings is 1. The molecule has 1 aliphatic heterocycles. The van der Waals surface area contributed by atoms with Crippen LogP contribution in [0.15, 0.2) is 48.5 Å². The molecular formula is C21H24F3N3O. The van der Waals surface area contributed by atoms with Gasteiger partial charge in [0.15, 0.2) is 0 Å². The Morgan fingerprint density at radius 1 is 0.964 bits per heavy atom. The van der Waals surface area contributed by atoms with Gasteiger partial charge in [-0.25, -0.2) is 4.79 Å². The van der Waals surface area contributed by atoms with Gasteiger partial charge in [0.1, 0.15) is 0 Å². The summed E-state index contributed by atoms with van der Waals surface area (Å²) in [5.74, 6) is 0.386. The number of rotatable bonds is 3. The van der Waals surface area contributed by atoms with Crippen LogP contribution in [0.4, 0.5) is 29.3 Å². The van der Waals surface area contributed by atoms with Crippen molar-refractivity contribution in [2.24, 2.45) is 0 Å². The summed E-state index contributed by atoms with van der Waals surface area (Å²) in [5.41, 5.74) is 1.35. The molecule has 2 amide bonds. The molecule has 1 saturated heterocycles. The second-order valence-electron chi connectivity index (χ2n) is 7.16. The van der Waals surface area contributed by atoms with Crippen molar-refractivity contribution in [2.75, 3.05) is 36.4 Å². The number of benzene rings is 2. The summed E-state index contributed by atoms with van der Waals surface area (Å²) in [7, 11) is 0. The predicted molar refractivity (Wildman–Crippen MR) is 105 cm³/mol. The van der Waals surface area contributed by atoms with E-state index in [0.29, 0.717) is 32.1 Å². The zero-order chi connectivity index (χ0) is 20.3. The summed E-state index contributed by atoms with van der Waals surface area (Å²) in [6.45, 7) is 6.45. The number of hydrogen-bond acceptors (Lipinski definition) is 2. The van der Waals surface area contributed by atoms with Crippen molar-refractivity contribution < 1.29 is 18.0 Å². The van der Waals surface area contributed by atoms with Crippen molar-refractivity contribution in [1.29, 1.82) is 0 Å². The maximum Gasteiger partial charge on any atom is 0.418 e. The summed E-state index contributed by atoms with van der Waals surface area (Å²) >= 11 is 0. The molecule has 1 fully saturated rings. The molecule has 0 radical (unpaired) electrons. The highest BCUT2D eigenvalue weighted by atomic mass is 19.4. The van der Waals surface area contributed by atoms with E-state index in [4.69, 9.17) is 0 Å². The molecule has 1 N–H and O–H groups in total. The van der Waals surface area contributed by atoms with Crippen LogP contribution in [0.5, 0.6) is 0 Å². The number of amides is 2. The Hall–Kier alpha value is -2.70. The quantitative estimate of drug-likeness (QED) is 0.782. The number of nitrogens with one attached hydrogen (secondary N) is 1. The van der Waals surface area contributed by atoms with E-state index in [0.717, 1.165) is 11.8 Å². The van der Waals surface area contributed by atoms with E-state index in [-0.39, 0.29) is 5.69 Å². The van der Waals surface area contributed by atoms with Crippen LogP contribution in [0, 0.1) is 0 Å². The molecule has 2 aromatic carbocycles. The second kappa shape index (κ2) is 8.12. The molecule has 3 rings (SSSR count). The normalized spacial score (nSPS) is 15.1. The van der Waals surface area contributed by atoms with Crippen molar-refractivity contribution in [1.82, 2.24) is 4.90 Å².